The summed E-state index contributed by atoms with van der Waals surface area (Å²) in [5.41, 5.74) is 0.667. The molecular weight excluding hydrogens is 142 g/mol. The zero-order valence-electron chi connectivity index (χ0n) is 6.12. The van der Waals surface area contributed by atoms with E-state index in [9.17, 15) is 9.59 Å². The van der Waals surface area contributed by atoms with Crippen molar-refractivity contribution in [2.45, 2.75) is 0 Å². The second-order valence-corrected chi connectivity index (χ2v) is 2.32. The molecule has 3 nitrogen and oxygen atoms in total. The van der Waals surface area contributed by atoms with Crippen LogP contribution in [0.1, 0.15) is 0 Å². The monoisotopic (exact) mass is 151 g/mol. The Balaban J connectivity index is 2.53. The first-order valence-electron chi connectivity index (χ1n) is 3.33. The fourth-order valence-corrected chi connectivity index (χ4v) is 0.959. The molecule has 0 spiro atoms. The molecule has 0 N–H and O–H groups in total. The molecule has 1 amide bonds. The molecule has 1 rings (SSSR count). The van der Waals surface area contributed by atoms with Crippen LogP contribution in [0.15, 0.2) is 24.3 Å². The normalized spacial score (nSPS) is 16.0. The summed E-state index contributed by atoms with van der Waals surface area (Å²) < 4.78 is 0. The summed E-state index contributed by atoms with van der Waals surface area (Å²) in [5, 5.41) is 0. The second-order valence-electron chi connectivity index (χ2n) is 2.32. The van der Waals surface area contributed by atoms with Gasteiger partial charge in [0.25, 0.3) is 0 Å². The molecule has 11 heavy (non-hydrogen) atoms. The maximum atomic E-state index is 10.9. The summed E-state index contributed by atoms with van der Waals surface area (Å²) >= 11 is 0. The van der Waals surface area contributed by atoms with Gasteiger partial charge in [-0.3, -0.25) is 9.59 Å². The van der Waals surface area contributed by atoms with Crippen LogP contribution >= 0.6 is 0 Å². The molecule has 0 atom stereocenters. The average Bonchev–Trinajstić information content (AvgIpc) is 2.50. The lowest BCUT2D eigenvalue weighted by Gasteiger charge is -2.11. The highest BCUT2D eigenvalue weighted by atomic mass is 16.2. The van der Waals surface area contributed by atoms with E-state index in [1.807, 2.05) is 0 Å². The summed E-state index contributed by atoms with van der Waals surface area (Å²) in [4.78, 5) is 22.7. The van der Waals surface area contributed by atoms with Crippen LogP contribution in [0.4, 0.5) is 0 Å². The quantitative estimate of drug-likeness (QED) is 0.416. The molecule has 0 aromatic heterocycles. The van der Waals surface area contributed by atoms with Gasteiger partial charge in [-0.25, -0.2) is 0 Å². The van der Waals surface area contributed by atoms with Crippen LogP contribution in [0.25, 0.3) is 0 Å². The van der Waals surface area contributed by atoms with Crippen LogP contribution in [-0.4, -0.2) is 30.2 Å². The number of nitrogens with zero attached hydrogens (tertiary/aromatic N) is 1. The van der Waals surface area contributed by atoms with Gasteiger partial charge >= 0.3 is 0 Å². The Morgan fingerprint density at radius 3 is 2.91 bits per heavy atom. The molecule has 1 aliphatic heterocycles. The van der Waals surface area contributed by atoms with E-state index >= 15 is 0 Å². The molecule has 3 heteroatoms. The minimum Gasteiger partial charge on any atom is -0.331 e. The molecule has 0 aliphatic carbocycles. The summed E-state index contributed by atoms with van der Waals surface area (Å²) in [6.07, 6.45) is 3.77. The van der Waals surface area contributed by atoms with E-state index in [0.717, 1.165) is 6.29 Å². The standard InChI is InChI=1S/C8H9NO2/c1-2-8(11)9-4-3-7(5-9)6-10/h2-3,6H,1,4-5H2. The van der Waals surface area contributed by atoms with Crippen LogP contribution in [-0.2, 0) is 9.59 Å². The molecule has 0 bridgehead atoms. The third-order valence-corrected chi connectivity index (χ3v) is 1.58. The predicted molar refractivity (Wildman–Crippen MR) is 40.9 cm³/mol. The van der Waals surface area contributed by atoms with E-state index < -0.39 is 0 Å². The van der Waals surface area contributed by atoms with Gasteiger partial charge in [-0.1, -0.05) is 12.7 Å². The first-order chi connectivity index (χ1) is 5.27. The van der Waals surface area contributed by atoms with Gasteiger partial charge in [0.15, 0.2) is 0 Å². The lowest BCUT2D eigenvalue weighted by atomic mass is 10.3. The number of amides is 1. The molecular formula is C8H9NO2. The largest absolute Gasteiger partial charge is 0.331 e. The average molecular weight is 151 g/mol. The fraction of sp³-hybridized carbons (Fsp3) is 0.250. The molecule has 0 aromatic rings. The molecule has 0 unspecified atom stereocenters. The third kappa shape index (κ3) is 1.55. The van der Waals surface area contributed by atoms with Gasteiger partial charge in [-0.2, -0.15) is 0 Å². The minimum absolute atomic E-state index is 0.127. The zero-order chi connectivity index (χ0) is 8.27. The number of hydrogen-bond acceptors (Lipinski definition) is 2. The molecule has 58 valence electrons. The first kappa shape index (κ1) is 7.72. The summed E-state index contributed by atoms with van der Waals surface area (Å²) in [7, 11) is 0. The topological polar surface area (TPSA) is 37.4 Å². The lowest BCUT2D eigenvalue weighted by molar-refractivity contribution is -0.124. The van der Waals surface area contributed by atoms with E-state index in [1.54, 1.807) is 11.0 Å². The summed E-state index contributed by atoms with van der Waals surface area (Å²) in [6.45, 7) is 4.31. The molecule has 0 fully saturated rings. The highest BCUT2D eigenvalue weighted by Crippen LogP contribution is 2.06. The van der Waals surface area contributed by atoms with Crippen molar-refractivity contribution in [2.75, 3.05) is 13.1 Å². The second kappa shape index (κ2) is 3.14. The van der Waals surface area contributed by atoms with E-state index in [1.165, 1.54) is 6.08 Å². The Morgan fingerprint density at radius 1 is 1.73 bits per heavy atom. The van der Waals surface area contributed by atoms with E-state index in [2.05, 4.69) is 6.58 Å². The van der Waals surface area contributed by atoms with Gasteiger partial charge in [0.05, 0.1) is 0 Å². The fourth-order valence-electron chi connectivity index (χ4n) is 0.959. The minimum atomic E-state index is -0.127. The van der Waals surface area contributed by atoms with Gasteiger partial charge in [0.2, 0.25) is 5.91 Å². The Kier molecular flexibility index (Phi) is 2.21. The van der Waals surface area contributed by atoms with Crippen LogP contribution in [0, 0.1) is 0 Å². The molecule has 0 saturated heterocycles. The van der Waals surface area contributed by atoms with Gasteiger partial charge in [0.1, 0.15) is 6.29 Å². The van der Waals surface area contributed by atoms with Crippen LogP contribution in [0.3, 0.4) is 0 Å². The Labute approximate surface area is 65.0 Å². The Hall–Kier alpha value is -1.38. The Morgan fingerprint density at radius 2 is 2.45 bits per heavy atom. The van der Waals surface area contributed by atoms with Crippen molar-refractivity contribution in [1.29, 1.82) is 0 Å². The van der Waals surface area contributed by atoms with Gasteiger partial charge < -0.3 is 4.90 Å². The molecule has 1 heterocycles. The van der Waals surface area contributed by atoms with Crippen molar-refractivity contribution in [2.24, 2.45) is 0 Å². The Bertz CT molecular complexity index is 230. The lowest BCUT2D eigenvalue weighted by Crippen LogP contribution is -2.26. The summed E-state index contributed by atoms with van der Waals surface area (Å²) in [5.74, 6) is -0.127. The van der Waals surface area contributed by atoms with Crippen LogP contribution in [0.2, 0.25) is 0 Å². The van der Waals surface area contributed by atoms with E-state index in [-0.39, 0.29) is 5.91 Å². The van der Waals surface area contributed by atoms with Gasteiger partial charge in [-0.05, 0) is 6.08 Å². The number of hydrogen-bond donors (Lipinski definition) is 0. The third-order valence-electron chi connectivity index (χ3n) is 1.58. The molecule has 1 aliphatic rings. The van der Waals surface area contributed by atoms with Crippen LogP contribution in [0.5, 0.6) is 0 Å². The van der Waals surface area contributed by atoms with Gasteiger partial charge in [-0.15, -0.1) is 0 Å². The highest BCUT2D eigenvalue weighted by molar-refractivity contribution is 5.89. The maximum Gasteiger partial charge on any atom is 0.246 e. The van der Waals surface area contributed by atoms with Crippen molar-refractivity contribution < 1.29 is 9.59 Å². The highest BCUT2D eigenvalue weighted by Gasteiger charge is 2.15. The molecule has 0 radical (unpaired) electrons. The number of aldehydes is 1. The number of rotatable bonds is 2. The molecule has 0 saturated carbocycles. The smallest absolute Gasteiger partial charge is 0.246 e. The number of carbonyl (C=O) groups excluding carboxylic acids is 2. The first-order valence-corrected chi connectivity index (χ1v) is 3.33. The molecule has 0 aromatic carbocycles. The predicted octanol–water partition coefficient (Wildman–Crippen LogP) is 0.140. The van der Waals surface area contributed by atoms with Crippen LogP contribution < -0.4 is 0 Å². The number of carbonyl (C=O) groups is 2. The zero-order valence-corrected chi connectivity index (χ0v) is 6.12. The van der Waals surface area contributed by atoms with Crippen molar-refractivity contribution in [1.82, 2.24) is 4.90 Å². The van der Waals surface area contributed by atoms with Crippen molar-refractivity contribution in [3.63, 3.8) is 0 Å². The van der Waals surface area contributed by atoms with Gasteiger partial charge in [0, 0.05) is 18.7 Å². The van der Waals surface area contributed by atoms with Crippen molar-refractivity contribution >= 4 is 12.2 Å². The summed E-state index contributed by atoms with van der Waals surface area (Å²) in [6, 6.07) is 0. The maximum absolute atomic E-state index is 10.9. The van der Waals surface area contributed by atoms with E-state index in [4.69, 9.17) is 0 Å². The van der Waals surface area contributed by atoms with E-state index in [0.29, 0.717) is 18.7 Å². The van der Waals surface area contributed by atoms with Crippen molar-refractivity contribution in [3.05, 3.63) is 24.3 Å². The van der Waals surface area contributed by atoms with Crippen molar-refractivity contribution in [3.8, 4) is 0 Å². The SMILES string of the molecule is C=CC(=O)N1CC=C(C=O)C1.